The van der Waals surface area contributed by atoms with Crippen molar-refractivity contribution in [2.75, 3.05) is 18.5 Å². The van der Waals surface area contributed by atoms with Crippen LogP contribution >= 0.6 is 0 Å². The zero-order chi connectivity index (χ0) is 18.0. The van der Waals surface area contributed by atoms with Gasteiger partial charge in [-0.3, -0.25) is 0 Å². The average molecular weight is 352 g/mol. The lowest BCUT2D eigenvalue weighted by molar-refractivity contribution is 0.251. The number of rotatable bonds is 8. The fraction of sp³-hybridized carbons (Fsp3) is 0.222. The Morgan fingerprint density at radius 1 is 1.12 bits per heavy atom. The van der Waals surface area contributed by atoms with E-state index in [1.54, 1.807) is 29.3 Å². The van der Waals surface area contributed by atoms with E-state index in [0.29, 0.717) is 24.7 Å². The number of ether oxygens (including phenoxy) is 1. The number of nitrogens with one attached hydrogen (secondary N) is 2. The van der Waals surface area contributed by atoms with Crippen molar-refractivity contribution in [3.8, 4) is 11.6 Å². The van der Waals surface area contributed by atoms with Gasteiger partial charge in [-0.25, -0.2) is 19.4 Å². The van der Waals surface area contributed by atoms with Crippen molar-refractivity contribution in [1.29, 1.82) is 0 Å². The number of carbonyl (C=O) groups excluding carboxylic acids is 1. The standard InChI is InChI=1S/C18H20N6O2/c25-18(20-10-4-5-11-26-16-6-2-1-3-7-16)23-15-8-9-17(21-12-15)24-14-19-13-22-24/h1-3,6-9,12-14H,4-5,10-11H2,(H2,20,23,25). The molecule has 0 bridgehead atoms. The number of unbranched alkanes of at least 4 members (excludes halogenated alkanes) is 1. The molecular weight excluding hydrogens is 332 g/mol. The third kappa shape index (κ3) is 5.30. The molecule has 0 unspecified atom stereocenters. The van der Waals surface area contributed by atoms with Crippen molar-refractivity contribution in [2.45, 2.75) is 12.8 Å². The lowest BCUT2D eigenvalue weighted by Gasteiger charge is -2.08. The zero-order valence-electron chi connectivity index (χ0n) is 14.2. The molecule has 3 rings (SSSR count). The molecule has 8 nitrogen and oxygen atoms in total. The van der Waals surface area contributed by atoms with Gasteiger partial charge in [0, 0.05) is 6.54 Å². The van der Waals surface area contributed by atoms with Crippen LogP contribution in [-0.4, -0.2) is 38.9 Å². The summed E-state index contributed by atoms with van der Waals surface area (Å²) < 4.78 is 7.15. The van der Waals surface area contributed by atoms with Crippen LogP contribution in [0.4, 0.5) is 10.5 Å². The highest BCUT2D eigenvalue weighted by Crippen LogP contribution is 2.09. The lowest BCUT2D eigenvalue weighted by atomic mass is 10.3. The third-order valence-corrected chi connectivity index (χ3v) is 3.53. The Bertz CT molecular complexity index is 790. The summed E-state index contributed by atoms with van der Waals surface area (Å²) >= 11 is 0. The van der Waals surface area contributed by atoms with Gasteiger partial charge in [-0.1, -0.05) is 18.2 Å². The van der Waals surface area contributed by atoms with Crippen LogP contribution in [-0.2, 0) is 0 Å². The number of anilines is 1. The molecule has 0 saturated heterocycles. The molecule has 8 heteroatoms. The molecule has 1 aromatic carbocycles. The maximum Gasteiger partial charge on any atom is 0.319 e. The first-order chi connectivity index (χ1) is 12.8. The van der Waals surface area contributed by atoms with E-state index in [0.717, 1.165) is 18.6 Å². The molecule has 2 N–H and O–H groups in total. The molecule has 0 fully saturated rings. The molecular formula is C18H20N6O2. The van der Waals surface area contributed by atoms with E-state index in [-0.39, 0.29) is 6.03 Å². The average Bonchev–Trinajstić information content (AvgIpc) is 3.21. The Morgan fingerprint density at radius 2 is 2.00 bits per heavy atom. The van der Waals surface area contributed by atoms with Gasteiger partial charge in [-0.2, -0.15) is 5.10 Å². The first kappa shape index (κ1) is 17.4. The molecule has 0 atom stereocenters. The first-order valence-corrected chi connectivity index (χ1v) is 8.35. The summed E-state index contributed by atoms with van der Waals surface area (Å²) in [5.41, 5.74) is 0.610. The predicted molar refractivity (Wildman–Crippen MR) is 97.3 cm³/mol. The second-order valence-electron chi connectivity index (χ2n) is 5.49. The van der Waals surface area contributed by atoms with Crippen molar-refractivity contribution >= 4 is 11.7 Å². The van der Waals surface area contributed by atoms with Crippen LogP contribution in [0.25, 0.3) is 5.82 Å². The van der Waals surface area contributed by atoms with Gasteiger partial charge in [0.2, 0.25) is 0 Å². The smallest absolute Gasteiger partial charge is 0.319 e. The molecule has 2 amide bonds. The number of carbonyl (C=O) groups is 1. The van der Waals surface area contributed by atoms with Crippen LogP contribution in [0, 0.1) is 0 Å². The summed E-state index contributed by atoms with van der Waals surface area (Å²) in [6, 6.07) is 12.9. The van der Waals surface area contributed by atoms with Crippen LogP contribution in [0.3, 0.4) is 0 Å². The summed E-state index contributed by atoms with van der Waals surface area (Å²) in [7, 11) is 0. The molecule has 0 aliphatic carbocycles. The molecule has 2 heterocycles. The molecule has 0 aliphatic heterocycles. The minimum Gasteiger partial charge on any atom is -0.494 e. The number of nitrogens with zero attached hydrogens (tertiary/aromatic N) is 4. The molecule has 0 saturated carbocycles. The van der Waals surface area contributed by atoms with Gasteiger partial charge >= 0.3 is 6.03 Å². The van der Waals surface area contributed by atoms with Crippen LogP contribution < -0.4 is 15.4 Å². The Hall–Kier alpha value is -3.42. The second kappa shape index (κ2) is 9.16. The molecule has 26 heavy (non-hydrogen) atoms. The SMILES string of the molecule is O=C(NCCCCOc1ccccc1)Nc1ccc(-n2cncn2)nc1. The van der Waals surface area contributed by atoms with Crippen LogP contribution in [0.5, 0.6) is 5.75 Å². The Morgan fingerprint density at radius 3 is 2.73 bits per heavy atom. The van der Waals surface area contributed by atoms with E-state index in [1.165, 1.54) is 6.33 Å². The Labute approximate surface area is 151 Å². The highest BCUT2D eigenvalue weighted by molar-refractivity contribution is 5.88. The second-order valence-corrected chi connectivity index (χ2v) is 5.49. The van der Waals surface area contributed by atoms with Crippen molar-refractivity contribution in [1.82, 2.24) is 25.1 Å². The maximum absolute atomic E-state index is 11.9. The van der Waals surface area contributed by atoms with E-state index in [4.69, 9.17) is 4.74 Å². The van der Waals surface area contributed by atoms with E-state index in [2.05, 4.69) is 25.7 Å². The van der Waals surface area contributed by atoms with E-state index in [9.17, 15) is 4.79 Å². The van der Waals surface area contributed by atoms with E-state index in [1.807, 2.05) is 30.3 Å². The van der Waals surface area contributed by atoms with Crippen molar-refractivity contribution in [3.05, 3.63) is 61.3 Å². The number of para-hydroxylation sites is 1. The number of hydrogen-bond acceptors (Lipinski definition) is 5. The minimum absolute atomic E-state index is 0.260. The molecule has 0 aliphatic rings. The predicted octanol–water partition coefficient (Wildman–Crippen LogP) is 2.64. The van der Waals surface area contributed by atoms with Crippen LogP contribution in [0.2, 0.25) is 0 Å². The highest BCUT2D eigenvalue weighted by Gasteiger charge is 2.03. The largest absolute Gasteiger partial charge is 0.494 e. The topological polar surface area (TPSA) is 94.0 Å². The number of aromatic nitrogens is 4. The van der Waals surface area contributed by atoms with Gasteiger partial charge in [0.05, 0.1) is 18.5 Å². The number of amides is 2. The molecule has 0 radical (unpaired) electrons. The number of pyridine rings is 1. The zero-order valence-corrected chi connectivity index (χ0v) is 14.2. The van der Waals surface area contributed by atoms with Crippen LogP contribution in [0.15, 0.2) is 61.3 Å². The summed E-state index contributed by atoms with van der Waals surface area (Å²) in [6.07, 6.45) is 6.27. The van der Waals surface area contributed by atoms with Gasteiger partial charge in [0.1, 0.15) is 18.4 Å². The van der Waals surface area contributed by atoms with Crippen molar-refractivity contribution < 1.29 is 9.53 Å². The van der Waals surface area contributed by atoms with Gasteiger partial charge in [0.15, 0.2) is 5.82 Å². The lowest BCUT2D eigenvalue weighted by Crippen LogP contribution is -2.29. The van der Waals surface area contributed by atoms with Crippen molar-refractivity contribution in [3.63, 3.8) is 0 Å². The van der Waals surface area contributed by atoms with Gasteiger partial charge in [0.25, 0.3) is 0 Å². The van der Waals surface area contributed by atoms with Crippen molar-refractivity contribution in [2.24, 2.45) is 0 Å². The molecule has 3 aromatic rings. The molecule has 2 aromatic heterocycles. The molecule has 0 spiro atoms. The number of urea groups is 1. The molecule has 134 valence electrons. The van der Waals surface area contributed by atoms with E-state index < -0.39 is 0 Å². The summed E-state index contributed by atoms with van der Waals surface area (Å²) in [6.45, 7) is 1.20. The van der Waals surface area contributed by atoms with Gasteiger partial charge < -0.3 is 15.4 Å². The minimum atomic E-state index is -0.260. The summed E-state index contributed by atoms with van der Waals surface area (Å²) in [5, 5.41) is 9.55. The first-order valence-electron chi connectivity index (χ1n) is 8.35. The van der Waals surface area contributed by atoms with E-state index >= 15 is 0 Å². The summed E-state index contributed by atoms with van der Waals surface area (Å²) in [5.74, 6) is 1.49. The number of benzene rings is 1. The van der Waals surface area contributed by atoms with Gasteiger partial charge in [-0.15, -0.1) is 0 Å². The fourth-order valence-electron chi connectivity index (χ4n) is 2.23. The monoisotopic (exact) mass is 352 g/mol. The number of hydrogen-bond donors (Lipinski definition) is 2. The third-order valence-electron chi connectivity index (χ3n) is 3.53. The Balaban J connectivity index is 1.31. The maximum atomic E-state index is 11.9. The van der Waals surface area contributed by atoms with Crippen LogP contribution in [0.1, 0.15) is 12.8 Å². The normalized spacial score (nSPS) is 10.3. The summed E-state index contributed by atoms with van der Waals surface area (Å²) in [4.78, 5) is 20.0. The fourth-order valence-corrected chi connectivity index (χ4v) is 2.23. The van der Waals surface area contributed by atoms with Gasteiger partial charge in [-0.05, 0) is 37.1 Å². The quantitative estimate of drug-likeness (QED) is 0.608. The Kier molecular flexibility index (Phi) is 6.13. The highest BCUT2D eigenvalue weighted by atomic mass is 16.5.